The molecule has 1 fully saturated rings. The van der Waals surface area contributed by atoms with E-state index in [-0.39, 0.29) is 48.7 Å². The topological polar surface area (TPSA) is 101 Å². The molecule has 0 spiro atoms. The summed E-state index contributed by atoms with van der Waals surface area (Å²) in [6.07, 6.45) is -4.43. The minimum atomic E-state index is -4.53. The Morgan fingerprint density at radius 2 is 2.08 bits per heavy atom. The molecule has 2 rings (SSSR count). The van der Waals surface area contributed by atoms with Gasteiger partial charge >= 0.3 is 6.18 Å². The molecule has 0 radical (unpaired) electrons. The van der Waals surface area contributed by atoms with Crippen LogP contribution in [-0.4, -0.2) is 39.7 Å². The minimum absolute atomic E-state index is 0. The fourth-order valence-corrected chi connectivity index (χ4v) is 2.59. The number of aryl methyl sites for hydroxylation is 1. The van der Waals surface area contributed by atoms with Crippen molar-refractivity contribution in [2.24, 2.45) is 11.7 Å². The van der Waals surface area contributed by atoms with Crippen LogP contribution in [0, 0.1) is 12.8 Å². The van der Waals surface area contributed by atoms with Gasteiger partial charge in [-0.3, -0.25) is 4.79 Å². The molecule has 1 aliphatic rings. The molecule has 1 amide bonds. The van der Waals surface area contributed by atoms with Gasteiger partial charge in [0.25, 0.3) is 0 Å². The number of halogens is 4. The van der Waals surface area contributed by atoms with Crippen LogP contribution in [0.2, 0.25) is 0 Å². The number of aliphatic hydroxyl groups excluding tert-OH is 1. The molecule has 3 atom stereocenters. The van der Waals surface area contributed by atoms with Crippen molar-refractivity contribution in [3.63, 3.8) is 0 Å². The number of amides is 1. The molecule has 4 N–H and O–H groups in total. The molecule has 0 saturated heterocycles. The summed E-state index contributed by atoms with van der Waals surface area (Å²) >= 11 is 0. The summed E-state index contributed by atoms with van der Waals surface area (Å²) in [6, 6.07) is 0.462. The van der Waals surface area contributed by atoms with Gasteiger partial charge in [0.2, 0.25) is 5.91 Å². The molecule has 0 aliphatic heterocycles. The van der Waals surface area contributed by atoms with Gasteiger partial charge in [0.05, 0.1) is 6.10 Å². The third kappa shape index (κ3) is 5.29. The normalized spacial score (nSPS) is 23.7. The summed E-state index contributed by atoms with van der Waals surface area (Å²) < 4.78 is 38.0. The second kappa shape index (κ2) is 8.09. The van der Waals surface area contributed by atoms with Crippen LogP contribution < -0.4 is 11.1 Å². The number of carbonyl (C=O) groups is 1. The van der Waals surface area contributed by atoms with Crippen molar-refractivity contribution >= 4 is 18.3 Å². The molecule has 10 heteroatoms. The second-order valence-electron chi connectivity index (χ2n) is 5.75. The van der Waals surface area contributed by atoms with Crippen LogP contribution in [0.3, 0.4) is 0 Å². The third-order valence-corrected chi connectivity index (χ3v) is 3.79. The summed E-state index contributed by atoms with van der Waals surface area (Å²) in [7, 11) is 0. The van der Waals surface area contributed by atoms with Gasteiger partial charge in [0, 0.05) is 30.6 Å². The van der Waals surface area contributed by atoms with Crippen LogP contribution in [0.15, 0.2) is 6.07 Å². The Hall–Kier alpha value is -1.45. The lowest BCUT2D eigenvalue weighted by Crippen LogP contribution is -2.32. The van der Waals surface area contributed by atoms with Crippen molar-refractivity contribution in [1.29, 1.82) is 0 Å². The first kappa shape index (κ1) is 20.6. The number of rotatable bonds is 4. The molecule has 1 aliphatic carbocycles. The Kier molecular flexibility index (Phi) is 6.94. The average molecular weight is 369 g/mol. The van der Waals surface area contributed by atoms with Gasteiger partial charge in [-0.2, -0.15) is 13.2 Å². The summed E-state index contributed by atoms with van der Waals surface area (Å²) in [5.74, 6) is -0.606. The fraction of sp³-hybridized carbons (Fsp3) is 0.643. The van der Waals surface area contributed by atoms with E-state index in [1.54, 1.807) is 0 Å². The monoisotopic (exact) mass is 368 g/mol. The average Bonchev–Trinajstić information content (AvgIpc) is 2.77. The molecular weight excluding hydrogens is 349 g/mol. The predicted octanol–water partition coefficient (Wildman–Crippen LogP) is 0.983. The number of aromatic nitrogens is 2. The number of nitrogens with two attached hydrogens (primary N) is 1. The fourth-order valence-electron chi connectivity index (χ4n) is 2.59. The Labute approximate surface area is 143 Å². The molecule has 0 bridgehead atoms. The Morgan fingerprint density at radius 3 is 2.62 bits per heavy atom. The highest BCUT2D eigenvalue weighted by Crippen LogP contribution is 2.28. The molecule has 1 saturated carbocycles. The largest absolute Gasteiger partial charge is 0.433 e. The van der Waals surface area contributed by atoms with E-state index in [9.17, 15) is 23.1 Å². The zero-order valence-electron chi connectivity index (χ0n) is 13.0. The summed E-state index contributed by atoms with van der Waals surface area (Å²) in [6.45, 7) is 1.59. The SMILES string of the molecule is Cc1cc(C(F)(F)F)nc(CCNC(=O)[C@H]2C[C@@H](N)[C@H](O)C2)n1.Cl. The lowest BCUT2D eigenvalue weighted by molar-refractivity contribution is -0.141. The Bertz CT molecular complexity index is 576. The lowest BCUT2D eigenvalue weighted by Gasteiger charge is -2.11. The van der Waals surface area contributed by atoms with Gasteiger partial charge in [-0.1, -0.05) is 0 Å². The number of hydrogen-bond acceptors (Lipinski definition) is 5. The first-order chi connectivity index (χ1) is 10.7. The highest BCUT2D eigenvalue weighted by molar-refractivity contribution is 5.85. The highest BCUT2D eigenvalue weighted by Gasteiger charge is 2.35. The van der Waals surface area contributed by atoms with Gasteiger partial charge in [-0.25, -0.2) is 9.97 Å². The van der Waals surface area contributed by atoms with E-state index < -0.39 is 24.0 Å². The summed E-state index contributed by atoms with van der Waals surface area (Å²) in [5, 5.41) is 12.2. The zero-order chi connectivity index (χ0) is 17.2. The molecule has 1 heterocycles. The van der Waals surface area contributed by atoms with Gasteiger partial charge in [-0.05, 0) is 25.8 Å². The second-order valence-corrected chi connectivity index (χ2v) is 5.75. The first-order valence-electron chi connectivity index (χ1n) is 7.30. The standard InChI is InChI=1S/C14H19F3N4O2.ClH/c1-7-4-11(14(15,16)17)21-12(20-7)2-3-19-13(23)8-5-9(18)10(22)6-8;/h4,8-10,22H,2-3,5-6,18H2,1H3,(H,19,23);1H/t8-,9+,10+;/m0./s1. The van der Waals surface area contributed by atoms with Gasteiger partial charge in [-0.15, -0.1) is 12.4 Å². The smallest absolute Gasteiger partial charge is 0.391 e. The van der Waals surface area contributed by atoms with Crippen LogP contribution in [0.25, 0.3) is 0 Å². The molecule has 136 valence electrons. The quantitative estimate of drug-likeness (QED) is 0.735. The molecule has 1 aromatic rings. The van der Waals surface area contributed by atoms with Crippen molar-refractivity contribution in [3.05, 3.63) is 23.3 Å². The maximum absolute atomic E-state index is 12.7. The van der Waals surface area contributed by atoms with Crippen LogP contribution in [0.4, 0.5) is 13.2 Å². The maximum atomic E-state index is 12.7. The van der Waals surface area contributed by atoms with Gasteiger partial charge in [0.15, 0.2) is 0 Å². The zero-order valence-corrected chi connectivity index (χ0v) is 13.8. The molecule has 0 aromatic carbocycles. The number of nitrogens with zero attached hydrogens (tertiary/aromatic N) is 2. The summed E-state index contributed by atoms with van der Waals surface area (Å²) in [5.41, 5.74) is 4.87. The number of carbonyl (C=O) groups excluding carboxylic acids is 1. The van der Waals surface area contributed by atoms with E-state index in [0.717, 1.165) is 6.07 Å². The lowest BCUT2D eigenvalue weighted by atomic mass is 10.1. The molecular formula is C14H20ClF3N4O2. The Morgan fingerprint density at radius 1 is 1.42 bits per heavy atom. The number of aliphatic hydroxyl groups is 1. The van der Waals surface area contributed by atoms with E-state index in [1.807, 2.05) is 0 Å². The van der Waals surface area contributed by atoms with Crippen molar-refractivity contribution in [2.45, 2.75) is 44.5 Å². The van der Waals surface area contributed by atoms with Gasteiger partial charge in [0.1, 0.15) is 11.5 Å². The summed E-state index contributed by atoms with van der Waals surface area (Å²) in [4.78, 5) is 19.3. The number of alkyl halides is 3. The van der Waals surface area contributed by atoms with Gasteiger partial charge < -0.3 is 16.2 Å². The molecule has 0 unspecified atom stereocenters. The predicted molar refractivity (Wildman–Crippen MR) is 82.4 cm³/mol. The third-order valence-electron chi connectivity index (χ3n) is 3.79. The maximum Gasteiger partial charge on any atom is 0.433 e. The van der Waals surface area contributed by atoms with Crippen LogP contribution in [0.5, 0.6) is 0 Å². The first-order valence-corrected chi connectivity index (χ1v) is 7.30. The Balaban J connectivity index is 0.00000288. The van der Waals surface area contributed by atoms with Crippen molar-refractivity contribution in [3.8, 4) is 0 Å². The number of nitrogens with one attached hydrogen (secondary N) is 1. The van der Waals surface area contributed by atoms with E-state index >= 15 is 0 Å². The molecule has 24 heavy (non-hydrogen) atoms. The van der Waals surface area contributed by atoms with E-state index in [0.29, 0.717) is 12.8 Å². The van der Waals surface area contributed by atoms with E-state index in [2.05, 4.69) is 15.3 Å². The van der Waals surface area contributed by atoms with Crippen molar-refractivity contribution in [1.82, 2.24) is 15.3 Å². The minimum Gasteiger partial charge on any atom is -0.391 e. The molecule has 6 nitrogen and oxygen atoms in total. The van der Waals surface area contributed by atoms with Crippen molar-refractivity contribution in [2.75, 3.05) is 6.54 Å². The van der Waals surface area contributed by atoms with Crippen molar-refractivity contribution < 1.29 is 23.1 Å². The molecule has 1 aromatic heterocycles. The van der Waals surface area contributed by atoms with E-state index in [1.165, 1.54) is 6.92 Å². The highest BCUT2D eigenvalue weighted by atomic mass is 35.5. The van der Waals surface area contributed by atoms with Crippen LogP contribution in [0.1, 0.15) is 30.1 Å². The van der Waals surface area contributed by atoms with E-state index in [4.69, 9.17) is 5.73 Å². The van der Waals surface area contributed by atoms with Crippen LogP contribution in [-0.2, 0) is 17.4 Å². The van der Waals surface area contributed by atoms with Crippen LogP contribution >= 0.6 is 12.4 Å². The number of hydrogen-bond donors (Lipinski definition) is 3.